The third-order valence-electron chi connectivity index (χ3n) is 3.75. The highest BCUT2D eigenvalue weighted by Crippen LogP contribution is 2.29. The summed E-state index contributed by atoms with van der Waals surface area (Å²) in [7, 11) is 6.78. The SMILES string of the molecule is COc1cccc(NC(=O)CSc2nnc(-c3cn(C)nc3OC)n2C)c1. The zero-order chi connectivity index (χ0) is 19.4. The second-order valence-electron chi connectivity index (χ2n) is 5.66. The van der Waals surface area contributed by atoms with Crippen LogP contribution in [0.5, 0.6) is 11.6 Å². The first kappa shape index (κ1) is 18.8. The number of carbonyl (C=O) groups is 1. The van der Waals surface area contributed by atoms with Crippen LogP contribution < -0.4 is 14.8 Å². The van der Waals surface area contributed by atoms with Gasteiger partial charge in [0.15, 0.2) is 11.0 Å². The monoisotopic (exact) mass is 388 g/mol. The van der Waals surface area contributed by atoms with Crippen LogP contribution in [-0.4, -0.2) is 50.4 Å². The van der Waals surface area contributed by atoms with Gasteiger partial charge in [-0.05, 0) is 12.1 Å². The fraction of sp³-hybridized carbons (Fsp3) is 0.294. The largest absolute Gasteiger partial charge is 0.497 e. The van der Waals surface area contributed by atoms with Gasteiger partial charge in [-0.15, -0.1) is 15.3 Å². The molecule has 0 spiro atoms. The summed E-state index contributed by atoms with van der Waals surface area (Å²) in [6.45, 7) is 0. The van der Waals surface area contributed by atoms with E-state index in [0.29, 0.717) is 28.3 Å². The standard InChI is InChI=1S/C17H20N6O3S/c1-22-9-13(16(21-22)26-4)15-19-20-17(23(15)2)27-10-14(24)18-11-6-5-7-12(8-11)25-3/h5-9H,10H2,1-4H3,(H,18,24). The van der Waals surface area contributed by atoms with E-state index in [4.69, 9.17) is 9.47 Å². The molecule has 0 aliphatic heterocycles. The topological polar surface area (TPSA) is 96.1 Å². The zero-order valence-corrected chi connectivity index (χ0v) is 16.3. The normalized spacial score (nSPS) is 10.7. The molecule has 9 nitrogen and oxygen atoms in total. The van der Waals surface area contributed by atoms with Crippen molar-refractivity contribution in [3.05, 3.63) is 30.5 Å². The molecule has 142 valence electrons. The molecule has 27 heavy (non-hydrogen) atoms. The Hall–Kier alpha value is -3.01. The third kappa shape index (κ3) is 4.22. The van der Waals surface area contributed by atoms with Crippen LogP contribution in [0.2, 0.25) is 0 Å². The molecule has 0 aliphatic carbocycles. The zero-order valence-electron chi connectivity index (χ0n) is 15.5. The molecular weight excluding hydrogens is 368 g/mol. The molecule has 1 N–H and O–H groups in total. The van der Waals surface area contributed by atoms with Crippen molar-refractivity contribution in [2.45, 2.75) is 5.16 Å². The lowest BCUT2D eigenvalue weighted by molar-refractivity contribution is -0.113. The number of aromatic nitrogens is 5. The summed E-state index contributed by atoms with van der Waals surface area (Å²) in [5.74, 6) is 1.84. The Morgan fingerprint density at radius 3 is 2.78 bits per heavy atom. The Morgan fingerprint density at radius 2 is 2.04 bits per heavy atom. The van der Waals surface area contributed by atoms with Crippen molar-refractivity contribution in [2.24, 2.45) is 14.1 Å². The Balaban J connectivity index is 1.66. The molecule has 0 bridgehead atoms. The molecule has 1 aromatic carbocycles. The predicted molar refractivity (Wildman–Crippen MR) is 102 cm³/mol. The van der Waals surface area contributed by atoms with Crippen molar-refractivity contribution < 1.29 is 14.3 Å². The summed E-state index contributed by atoms with van der Waals surface area (Å²) in [6, 6.07) is 7.20. The van der Waals surface area contributed by atoms with E-state index in [2.05, 4.69) is 20.6 Å². The second-order valence-corrected chi connectivity index (χ2v) is 6.60. The molecule has 3 rings (SSSR count). The van der Waals surface area contributed by atoms with Gasteiger partial charge in [0.1, 0.15) is 11.3 Å². The van der Waals surface area contributed by atoms with Crippen LogP contribution >= 0.6 is 11.8 Å². The van der Waals surface area contributed by atoms with E-state index in [9.17, 15) is 4.79 Å². The van der Waals surface area contributed by atoms with E-state index in [1.807, 2.05) is 29.9 Å². The number of thioether (sulfide) groups is 1. The molecule has 3 aromatic rings. The van der Waals surface area contributed by atoms with Gasteiger partial charge < -0.3 is 19.4 Å². The molecule has 0 aliphatic rings. The highest BCUT2D eigenvalue weighted by Gasteiger charge is 2.18. The Morgan fingerprint density at radius 1 is 1.22 bits per heavy atom. The lowest BCUT2D eigenvalue weighted by Gasteiger charge is -2.07. The van der Waals surface area contributed by atoms with Crippen LogP contribution in [0.1, 0.15) is 0 Å². The lowest BCUT2D eigenvalue weighted by atomic mass is 10.3. The fourth-order valence-electron chi connectivity index (χ4n) is 2.48. The van der Waals surface area contributed by atoms with Crippen LogP contribution in [-0.2, 0) is 18.9 Å². The van der Waals surface area contributed by atoms with Gasteiger partial charge in [-0.3, -0.25) is 9.48 Å². The maximum atomic E-state index is 12.2. The Labute approximate surface area is 160 Å². The smallest absolute Gasteiger partial charge is 0.243 e. The number of hydrogen-bond acceptors (Lipinski definition) is 7. The van der Waals surface area contributed by atoms with Crippen LogP contribution in [0.3, 0.4) is 0 Å². The van der Waals surface area contributed by atoms with Crippen LogP contribution in [0.4, 0.5) is 5.69 Å². The van der Waals surface area contributed by atoms with Crippen molar-refractivity contribution in [2.75, 3.05) is 25.3 Å². The molecule has 0 fully saturated rings. The number of benzene rings is 1. The number of anilines is 1. The quantitative estimate of drug-likeness (QED) is 0.618. The molecule has 0 unspecified atom stereocenters. The van der Waals surface area contributed by atoms with Gasteiger partial charge in [0.2, 0.25) is 11.8 Å². The predicted octanol–water partition coefficient (Wildman–Crippen LogP) is 1.96. The van der Waals surface area contributed by atoms with E-state index in [0.717, 1.165) is 5.56 Å². The molecule has 0 saturated carbocycles. The molecule has 2 heterocycles. The molecule has 0 radical (unpaired) electrons. The summed E-state index contributed by atoms with van der Waals surface area (Å²) < 4.78 is 13.9. The fourth-order valence-corrected chi connectivity index (χ4v) is 3.19. The third-order valence-corrected chi connectivity index (χ3v) is 4.77. The van der Waals surface area contributed by atoms with Gasteiger partial charge in [-0.1, -0.05) is 17.8 Å². The first-order valence-corrected chi connectivity index (χ1v) is 9.04. The maximum absolute atomic E-state index is 12.2. The first-order valence-electron chi connectivity index (χ1n) is 8.06. The number of aryl methyl sites for hydroxylation is 1. The van der Waals surface area contributed by atoms with Gasteiger partial charge >= 0.3 is 0 Å². The summed E-state index contributed by atoms with van der Waals surface area (Å²) in [5.41, 5.74) is 1.42. The average molecular weight is 388 g/mol. The van der Waals surface area contributed by atoms with Gasteiger partial charge in [-0.25, -0.2) is 0 Å². The van der Waals surface area contributed by atoms with Crippen molar-refractivity contribution >= 4 is 23.4 Å². The number of nitrogens with one attached hydrogen (secondary N) is 1. The van der Waals surface area contributed by atoms with E-state index < -0.39 is 0 Å². The number of amides is 1. The van der Waals surface area contributed by atoms with Crippen molar-refractivity contribution in [3.8, 4) is 23.0 Å². The summed E-state index contributed by atoms with van der Waals surface area (Å²) >= 11 is 1.30. The number of nitrogens with zero attached hydrogens (tertiary/aromatic N) is 5. The number of ether oxygens (including phenoxy) is 2. The second kappa shape index (κ2) is 8.12. The number of carbonyl (C=O) groups excluding carboxylic acids is 1. The minimum absolute atomic E-state index is 0.142. The van der Waals surface area contributed by atoms with Gasteiger partial charge in [0, 0.05) is 32.0 Å². The van der Waals surface area contributed by atoms with Gasteiger partial charge in [0.25, 0.3) is 0 Å². The van der Waals surface area contributed by atoms with E-state index in [1.165, 1.54) is 11.8 Å². The molecule has 0 saturated heterocycles. The average Bonchev–Trinajstić information content (AvgIpc) is 3.22. The lowest BCUT2D eigenvalue weighted by Crippen LogP contribution is -2.14. The summed E-state index contributed by atoms with van der Waals surface area (Å²) in [4.78, 5) is 12.2. The first-order chi connectivity index (χ1) is 13.0. The minimum Gasteiger partial charge on any atom is -0.497 e. The van der Waals surface area contributed by atoms with Crippen LogP contribution in [0.25, 0.3) is 11.4 Å². The highest BCUT2D eigenvalue weighted by atomic mass is 32.2. The Bertz CT molecular complexity index is 952. The number of hydrogen-bond donors (Lipinski definition) is 1. The molecular formula is C17H20N6O3S. The highest BCUT2D eigenvalue weighted by molar-refractivity contribution is 7.99. The number of methoxy groups -OCH3 is 2. The van der Waals surface area contributed by atoms with Gasteiger partial charge in [0.05, 0.1) is 20.0 Å². The minimum atomic E-state index is -0.142. The summed E-state index contributed by atoms with van der Waals surface area (Å²) in [5, 5.41) is 16.1. The number of rotatable bonds is 7. The van der Waals surface area contributed by atoms with E-state index in [1.54, 1.807) is 38.1 Å². The van der Waals surface area contributed by atoms with Crippen LogP contribution in [0.15, 0.2) is 35.6 Å². The summed E-state index contributed by atoms with van der Waals surface area (Å²) in [6.07, 6.45) is 1.81. The van der Waals surface area contributed by atoms with E-state index in [-0.39, 0.29) is 11.7 Å². The van der Waals surface area contributed by atoms with E-state index >= 15 is 0 Å². The van der Waals surface area contributed by atoms with Crippen molar-refractivity contribution in [3.63, 3.8) is 0 Å². The molecule has 2 aromatic heterocycles. The van der Waals surface area contributed by atoms with Crippen molar-refractivity contribution in [1.82, 2.24) is 24.5 Å². The molecule has 1 amide bonds. The van der Waals surface area contributed by atoms with Crippen LogP contribution in [0, 0.1) is 0 Å². The van der Waals surface area contributed by atoms with Gasteiger partial charge in [-0.2, -0.15) is 0 Å². The van der Waals surface area contributed by atoms with Crippen molar-refractivity contribution in [1.29, 1.82) is 0 Å². The molecule has 10 heteroatoms. The Kier molecular flexibility index (Phi) is 5.65. The maximum Gasteiger partial charge on any atom is 0.243 e. The molecule has 0 atom stereocenters.